The molecule has 0 spiro atoms. The molecule has 1 fully saturated rings. The fourth-order valence-corrected chi connectivity index (χ4v) is 2.40. The zero-order valence-corrected chi connectivity index (χ0v) is 10.5. The van der Waals surface area contributed by atoms with Crippen LogP contribution in [0.1, 0.15) is 35.3 Å². The highest BCUT2D eigenvalue weighted by Gasteiger charge is 2.34. The molecule has 0 saturated heterocycles. The predicted molar refractivity (Wildman–Crippen MR) is 64.2 cm³/mol. The molecule has 18 heavy (non-hydrogen) atoms. The van der Waals surface area contributed by atoms with Gasteiger partial charge in [0.15, 0.2) is 0 Å². The molecule has 0 aromatic carbocycles. The third-order valence-corrected chi connectivity index (χ3v) is 3.63. The van der Waals surface area contributed by atoms with Crippen molar-refractivity contribution in [2.45, 2.75) is 32.2 Å². The summed E-state index contributed by atoms with van der Waals surface area (Å²) in [7, 11) is 1.77. The Morgan fingerprint density at radius 3 is 2.78 bits per heavy atom. The van der Waals surface area contributed by atoms with Gasteiger partial charge in [0.2, 0.25) is 0 Å². The average Bonchev–Trinajstić information content (AvgIpc) is 2.88. The fourth-order valence-electron chi connectivity index (χ4n) is 2.40. The average molecular weight is 251 g/mol. The van der Waals surface area contributed by atoms with Crippen LogP contribution >= 0.6 is 0 Å². The Hall–Kier alpha value is -1.85. The number of aromatic nitrogens is 2. The molecule has 2 N–H and O–H groups in total. The first kappa shape index (κ1) is 12.6. The third-order valence-electron chi connectivity index (χ3n) is 3.63. The molecule has 0 aliphatic heterocycles. The number of carbonyl (C=O) groups is 2. The number of carbonyl (C=O) groups excluding carboxylic acids is 1. The molecule has 1 aromatic rings. The molecule has 2 rings (SSSR count). The second kappa shape index (κ2) is 4.80. The zero-order valence-electron chi connectivity index (χ0n) is 10.5. The Bertz CT molecular complexity index is 481. The predicted octanol–water partition coefficient (Wildman–Crippen LogP) is 0.712. The Balaban J connectivity index is 2.08. The molecule has 0 bridgehead atoms. The van der Waals surface area contributed by atoms with Crippen molar-refractivity contribution in [3.8, 4) is 0 Å². The number of hydrogen-bond donors (Lipinski definition) is 2. The van der Waals surface area contributed by atoms with Crippen molar-refractivity contribution in [2.75, 3.05) is 0 Å². The van der Waals surface area contributed by atoms with E-state index in [9.17, 15) is 9.59 Å². The van der Waals surface area contributed by atoms with Gasteiger partial charge in [-0.2, -0.15) is 5.10 Å². The quantitative estimate of drug-likeness (QED) is 0.828. The van der Waals surface area contributed by atoms with Gasteiger partial charge in [0.25, 0.3) is 5.91 Å². The lowest BCUT2D eigenvalue weighted by Crippen LogP contribution is -2.40. The lowest BCUT2D eigenvalue weighted by molar-refractivity contribution is -0.142. The van der Waals surface area contributed by atoms with Crippen molar-refractivity contribution in [3.63, 3.8) is 0 Å². The summed E-state index contributed by atoms with van der Waals surface area (Å²) in [5.41, 5.74) is 1.28. The molecule has 1 aliphatic carbocycles. The van der Waals surface area contributed by atoms with Crippen LogP contribution in [0.25, 0.3) is 0 Å². The normalized spacial score (nSPS) is 23.0. The third kappa shape index (κ3) is 2.23. The molecule has 1 amide bonds. The summed E-state index contributed by atoms with van der Waals surface area (Å²) in [6.07, 6.45) is 3.71. The van der Waals surface area contributed by atoms with Gasteiger partial charge in [-0.15, -0.1) is 0 Å². The maximum absolute atomic E-state index is 12.0. The van der Waals surface area contributed by atoms with E-state index in [2.05, 4.69) is 10.4 Å². The molecule has 98 valence electrons. The summed E-state index contributed by atoms with van der Waals surface area (Å²) in [4.78, 5) is 23.1. The Morgan fingerprint density at radius 1 is 1.50 bits per heavy atom. The molecule has 6 nitrogen and oxygen atoms in total. The molecule has 1 heterocycles. The lowest BCUT2D eigenvalue weighted by Gasteiger charge is -2.17. The number of carboxylic acid groups (broad SMARTS) is 1. The van der Waals surface area contributed by atoms with Gasteiger partial charge in [0, 0.05) is 18.8 Å². The lowest BCUT2D eigenvalue weighted by atomic mass is 10.0. The largest absolute Gasteiger partial charge is 0.481 e. The van der Waals surface area contributed by atoms with E-state index in [-0.39, 0.29) is 11.9 Å². The van der Waals surface area contributed by atoms with Gasteiger partial charge in [-0.05, 0) is 19.8 Å². The Labute approximate surface area is 105 Å². The second-order valence-corrected chi connectivity index (χ2v) is 4.72. The molecule has 1 aromatic heterocycles. The molecule has 1 saturated carbocycles. The van der Waals surface area contributed by atoms with Crippen molar-refractivity contribution in [3.05, 3.63) is 17.5 Å². The number of nitrogens with zero attached hydrogens (tertiary/aromatic N) is 2. The highest BCUT2D eigenvalue weighted by Crippen LogP contribution is 2.26. The second-order valence-electron chi connectivity index (χ2n) is 4.72. The molecule has 6 heteroatoms. The van der Waals surface area contributed by atoms with Gasteiger partial charge in [0.1, 0.15) is 0 Å². The standard InChI is InChI=1S/C12H17N3O3/c1-7-9(6-13-15(7)2)11(16)14-10-5-3-4-8(10)12(17)18/h6,8,10H,3-5H2,1-2H3,(H,14,16)(H,17,18). The van der Waals surface area contributed by atoms with Crippen LogP contribution in [0.4, 0.5) is 0 Å². The Morgan fingerprint density at radius 2 is 2.22 bits per heavy atom. The monoisotopic (exact) mass is 251 g/mol. The summed E-state index contributed by atoms with van der Waals surface area (Å²) in [5.74, 6) is -1.54. The van der Waals surface area contributed by atoms with Crippen LogP contribution in [0.3, 0.4) is 0 Å². The van der Waals surface area contributed by atoms with Gasteiger partial charge in [-0.1, -0.05) is 6.42 Å². The van der Waals surface area contributed by atoms with Crippen molar-refractivity contribution in [1.82, 2.24) is 15.1 Å². The fraction of sp³-hybridized carbons (Fsp3) is 0.583. The molecular weight excluding hydrogens is 234 g/mol. The van der Waals surface area contributed by atoms with Crippen LogP contribution in [0.15, 0.2) is 6.20 Å². The van der Waals surface area contributed by atoms with Gasteiger partial charge in [-0.3, -0.25) is 14.3 Å². The number of nitrogens with one attached hydrogen (secondary N) is 1. The van der Waals surface area contributed by atoms with Gasteiger partial charge in [-0.25, -0.2) is 0 Å². The minimum Gasteiger partial charge on any atom is -0.481 e. The van der Waals surface area contributed by atoms with Crippen LogP contribution in [0.2, 0.25) is 0 Å². The minimum atomic E-state index is -0.833. The van der Waals surface area contributed by atoms with E-state index < -0.39 is 11.9 Å². The maximum atomic E-state index is 12.0. The summed E-state index contributed by atoms with van der Waals surface area (Å²) in [6, 6.07) is -0.269. The van der Waals surface area contributed by atoms with Gasteiger partial charge >= 0.3 is 5.97 Å². The van der Waals surface area contributed by atoms with Crippen molar-refractivity contribution in [1.29, 1.82) is 0 Å². The first-order valence-corrected chi connectivity index (χ1v) is 6.03. The number of hydrogen-bond acceptors (Lipinski definition) is 3. The molecule has 2 atom stereocenters. The minimum absolute atomic E-state index is 0.237. The maximum Gasteiger partial charge on any atom is 0.308 e. The van der Waals surface area contributed by atoms with E-state index in [0.29, 0.717) is 12.0 Å². The van der Waals surface area contributed by atoms with E-state index >= 15 is 0 Å². The number of aliphatic carboxylic acids is 1. The summed E-state index contributed by atoms with van der Waals surface area (Å²) in [6.45, 7) is 1.81. The SMILES string of the molecule is Cc1c(C(=O)NC2CCCC2C(=O)O)cnn1C. The number of carboxylic acids is 1. The summed E-state index contributed by atoms with van der Waals surface area (Å²) >= 11 is 0. The van der Waals surface area contributed by atoms with E-state index in [0.717, 1.165) is 18.5 Å². The molecule has 0 radical (unpaired) electrons. The zero-order chi connectivity index (χ0) is 13.3. The number of amides is 1. The molecular formula is C12H17N3O3. The summed E-state index contributed by atoms with van der Waals surface area (Å²) < 4.78 is 1.62. The Kier molecular flexibility index (Phi) is 3.36. The first-order chi connectivity index (χ1) is 8.50. The topological polar surface area (TPSA) is 84.2 Å². The van der Waals surface area contributed by atoms with Crippen LogP contribution in [0, 0.1) is 12.8 Å². The van der Waals surface area contributed by atoms with Crippen molar-refractivity contribution >= 4 is 11.9 Å². The van der Waals surface area contributed by atoms with Crippen LogP contribution in [-0.2, 0) is 11.8 Å². The van der Waals surface area contributed by atoms with Gasteiger partial charge < -0.3 is 10.4 Å². The highest BCUT2D eigenvalue weighted by molar-refractivity contribution is 5.95. The van der Waals surface area contributed by atoms with E-state index in [1.165, 1.54) is 6.20 Å². The van der Waals surface area contributed by atoms with E-state index in [1.54, 1.807) is 11.7 Å². The van der Waals surface area contributed by atoms with Crippen LogP contribution in [-0.4, -0.2) is 32.8 Å². The van der Waals surface area contributed by atoms with Crippen molar-refractivity contribution in [2.24, 2.45) is 13.0 Å². The van der Waals surface area contributed by atoms with E-state index in [4.69, 9.17) is 5.11 Å². The highest BCUT2D eigenvalue weighted by atomic mass is 16.4. The van der Waals surface area contributed by atoms with Crippen LogP contribution < -0.4 is 5.32 Å². The van der Waals surface area contributed by atoms with Crippen LogP contribution in [0.5, 0.6) is 0 Å². The molecule has 1 aliphatic rings. The number of rotatable bonds is 3. The smallest absolute Gasteiger partial charge is 0.308 e. The van der Waals surface area contributed by atoms with E-state index in [1.807, 2.05) is 6.92 Å². The van der Waals surface area contributed by atoms with Gasteiger partial charge in [0.05, 0.1) is 17.7 Å². The first-order valence-electron chi connectivity index (χ1n) is 6.03. The molecule has 2 unspecified atom stereocenters. The number of aryl methyl sites for hydroxylation is 1. The summed E-state index contributed by atoms with van der Waals surface area (Å²) in [5, 5.41) is 15.9. The van der Waals surface area contributed by atoms with Crippen molar-refractivity contribution < 1.29 is 14.7 Å².